The van der Waals surface area contributed by atoms with Crippen LogP contribution in [0.2, 0.25) is 0 Å². The van der Waals surface area contributed by atoms with Crippen LogP contribution >= 0.6 is 15.9 Å². The highest BCUT2D eigenvalue weighted by molar-refractivity contribution is 9.09. The molecule has 0 bridgehead atoms. The molecule has 0 aliphatic heterocycles. The minimum Gasteiger partial charge on any atom is -0.493 e. The molecule has 0 aliphatic carbocycles. The summed E-state index contributed by atoms with van der Waals surface area (Å²) in [5.74, 6) is 0.661. The Labute approximate surface area is 134 Å². The number of rotatable bonds is 7. The molecule has 0 spiro atoms. The van der Waals surface area contributed by atoms with E-state index in [2.05, 4.69) is 22.9 Å². The number of halogens is 1. The van der Waals surface area contributed by atoms with E-state index in [-0.39, 0.29) is 5.78 Å². The molecule has 0 radical (unpaired) electrons. The fourth-order valence-corrected chi connectivity index (χ4v) is 2.40. The molecule has 21 heavy (non-hydrogen) atoms. The number of alkyl halides is 1. The second kappa shape index (κ2) is 7.99. The van der Waals surface area contributed by atoms with Crippen molar-refractivity contribution in [2.75, 3.05) is 6.61 Å². The van der Waals surface area contributed by atoms with Crippen molar-refractivity contribution < 1.29 is 9.53 Å². The first-order valence-corrected chi connectivity index (χ1v) is 8.05. The Morgan fingerprint density at radius 1 is 1.10 bits per heavy atom. The number of benzene rings is 2. The molecule has 2 rings (SSSR count). The number of hydrogen-bond donors (Lipinski definition) is 0. The van der Waals surface area contributed by atoms with Crippen molar-refractivity contribution in [1.82, 2.24) is 0 Å². The van der Waals surface area contributed by atoms with E-state index in [0.29, 0.717) is 28.3 Å². The van der Waals surface area contributed by atoms with Crippen LogP contribution < -0.4 is 4.74 Å². The lowest BCUT2D eigenvalue weighted by Gasteiger charge is -2.11. The lowest BCUT2D eigenvalue weighted by atomic mass is 10.0. The first-order valence-electron chi connectivity index (χ1n) is 7.14. The van der Waals surface area contributed by atoms with Gasteiger partial charge < -0.3 is 4.74 Å². The number of carbonyl (C=O) groups excluding carboxylic acids is 1. The Kier molecular flexibility index (Phi) is 6.00. The molecule has 1 unspecified atom stereocenters. The third-order valence-electron chi connectivity index (χ3n) is 3.17. The summed E-state index contributed by atoms with van der Waals surface area (Å²) >= 11 is 3.52. The zero-order chi connectivity index (χ0) is 15.1. The number of ether oxygens (including phenoxy) is 1. The van der Waals surface area contributed by atoms with Gasteiger partial charge in [0.2, 0.25) is 0 Å². The maximum atomic E-state index is 12.5. The minimum absolute atomic E-state index is 0.0000552. The molecule has 2 aromatic rings. The molecule has 0 aliphatic rings. The van der Waals surface area contributed by atoms with E-state index < -0.39 is 0 Å². The topological polar surface area (TPSA) is 26.3 Å². The van der Waals surface area contributed by atoms with E-state index in [1.165, 1.54) is 0 Å². The van der Waals surface area contributed by atoms with Gasteiger partial charge in [-0.15, -0.1) is 0 Å². The second-order valence-corrected chi connectivity index (χ2v) is 6.53. The van der Waals surface area contributed by atoms with Crippen molar-refractivity contribution in [3.8, 4) is 5.75 Å². The summed E-state index contributed by atoms with van der Waals surface area (Å²) in [4.78, 5) is 13.0. The van der Waals surface area contributed by atoms with Crippen molar-refractivity contribution in [1.29, 1.82) is 0 Å². The fraction of sp³-hybridized carbons (Fsp3) is 0.278. The van der Waals surface area contributed by atoms with Crippen LogP contribution in [0, 0.1) is 0 Å². The second-order valence-electron chi connectivity index (χ2n) is 4.96. The zero-order valence-electron chi connectivity index (χ0n) is 12.1. The normalized spacial score (nSPS) is 11.9. The summed E-state index contributed by atoms with van der Waals surface area (Å²) in [5, 5.41) is 0. The van der Waals surface area contributed by atoms with Crippen molar-refractivity contribution in [3.63, 3.8) is 0 Å². The summed E-state index contributed by atoms with van der Waals surface area (Å²) in [6.07, 6.45) is 2.01. The maximum absolute atomic E-state index is 12.5. The molecular formula is C18H19BrO2. The van der Waals surface area contributed by atoms with Crippen LogP contribution in [0.25, 0.3) is 0 Å². The van der Waals surface area contributed by atoms with Crippen LogP contribution in [0.15, 0.2) is 54.6 Å². The van der Waals surface area contributed by atoms with Gasteiger partial charge in [0.1, 0.15) is 5.75 Å². The fourth-order valence-electron chi connectivity index (χ4n) is 2.07. The molecule has 2 nitrogen and oxygen atoms in total. The Morgan fingerprint density at radius 3 is 2.48 bits per heavy atom. The first-order chi connectivity index (χ1) is 10.2. The average Bonchev–Trinajstić information content (AvgIpc) is 2.52. The van der Waals surface area contributed by atoms with Crippen LogP contribution in [-0.2, 0) is 0 Å². The van der Waals surface area contributed by atoms with Gasteiger partial charge in [-0.2, -0.15) is 0 Å². The summed E-state index contributed by atoms with van der Waals surface area (Å²) in [5.41, 5.74) is 1.30. The molecule has 0 saturated heterocycles. The maximum Gasteiger partial charge on any atom is 0.196 e. The molecule has 0 heterocycles. The summed E-state index contributed by atoms with van der Waals surface area (Å²) in [7, 11) is 0. The molecule has 110 valence electrons. The Hall–Kier alpha value is -1.61. The van der Waals surface area contributed by atoms with Crippen LogP contribution in [0.4, 0.5) is 0 Å². The van der Waals surface area contributed by atoms with E-state index in [4.69, 9.17) is 4.74 Å². The Balaban J connectivity index is 2.08. The predicted octanol–water partition coefficient (Wildman–Crippen LogP) is 4.86. The van der Waals surface area contributed by atoms with Crippen LogP contribution in [0.5, 0.6) is 5.75 Å². The van der Waals surface area contributed by atoms with Gasteiger partial charge in [0.05, 0.1) is 12.2 Å². The van der Waals surface area contributed by atoms with Gasteiger partial charge in [-0.3, -0.25) is 4.79 Å². The van der Waals surface area contributed by atoms with Gasteiger partial charge in [0.15, 0.2) is 5.78 Å². The highest BCUT2D eigenvalue weighted by Crippen LogP contribution is 2.22. The van der Waals surface area contributed by atoms with Crippen molar-refractivity contribution >= 4 is 21.7 Å². The summed E-state index contributed by atoms with van der Waals surface area (Å²) in [6.45, 7) is 2.74. The number of hydrogen-bond acceptors (Lipinski definition) is 2. The van der Waals surface area contributed by atoms with Gasteiger partial charge in [0.25, 0.3) is 0 Å². The highest BCUT2D eigenvalue weighted by atomic mass is 79.9. The van der Waals surface area contributed by atoms with Crippen molar-refractivity contribution in [2.24, 2.45) is 0 Å². The molecule has 2 aromatic carbocycles. The highest BCUT2D eigenvalue weighted by Gasteiger charge is 2.13. The first kappa shape index (κ1) is 15.8. The Morgan fingerprint density at radius 2 is 1.76 bits per heavy atom. The average molecular weight is 347 g/mol. The van der Waals surface area contributed by atoms with Crippen molar-refractivity contribution in [2.45, 2.75) is 24.6 Å². The lowest BCUT2D eigenvalue weighted by molar-refractivity contribution is 0.103. The molecular weight excluding hydrogens is 328 g/mol. The summed E-state index contributed by atoms with van der Waals surface area (Å²) < 4.78 is 5.79. The minimum atomic E-state index is 0.0000552. The zero-order valence-corrected chi connectivity index (χ0v) is 13.7. The standard InChI is InChI=1S/C18H19BrO2/c1-14(19)8-7-13-21-17-12-6-5-11-16(17)18(20)15-9-3-2-4-10-15/h2-6,9-12,14H,7-8,13H2,1H3. The molecule has 3 heteroatoms. The van der Waals surface area contributed by atoms with E-state index in [1.54, 1.807) is 0 Å². The molecule has 0 N–H and O–H groups in total. The quantitative estimate of drug-likeness (QED) is 0.406. The molecule has 0 amide bonds. The molecule has 0 saturated carbocycles. The van der Waals surface area contributed by atoms with Crippen LogP contribution in [0.3, 0.4) is 0 Å². The van der Waals surface area contributed by atoms with Crippen LogP contribution in [0.1, 0.15) is 35.7 Å². The van der Waals surface area contributed by atoms with Crippen LogP contribution in [-0.4, -0.2) is 17.2 Å². The SMILES string of the molecule is CC(Br)CCCOc1ccccc1C(=O)c1ccccc1. The van der Waals surface area contributed by atoms with Gasteiger partial charge in [0, 0.05) is 10.4 Å². The van der Waals surface area contributed by atoms with E-state index >= 15 is 0 Å². The van der Waals surface area contributed by atoms with Crippen molar-refractivity contribution in [3.05, 3.63) is 65.7 Å². The van der Waals surface area contributed by atoms with E-state index in [9.17, 15) is 4.79 Å². The third-order valence-corrected chi connectivity index (χ3v) is 3.63. The molecule has 1 atom stereocenters. The van der Waals surface area contributed by atoms with Gasteiger partial charge in [-0.1, -0.05) is 65.3 Å². The van der Waals surface area contributed by atoms with Gasteiger partial charge in [-0.05, 0) is 25.0 Å². The lowest BCUT2D eigenvalue weighted by Crippen LogP contribution is -2.07. The van der Waals surface area contributed by atoms with E-state index in [0.717, 1.165) is 12.8 Å². The Bertz CT molecular complexity index is 579. The monoisotopic (exact) mass is 346 g/mol. The number of para-hydroxylation sites is 1. The third kappa shape index (κ3) is 4.71. The largest absolute Gasteiger partial charge is 0.493 e. The van der Waals surface area contributed by atoms with Gasteiger partial charge in [-0.25, -0.2) is 0 Å². The predicted molar refractivity (Wildman–Crippen MR) is 89.4 cm³/mol. The number of carbonyl (C=O) groups is 1. The molecule has 0 fully saturated rings. The number of ketones is 1. The smallest absolute Gasteiger partial charge is 0.196 e. The molecule has 0 aromatic heterocycles. The van der Waals surface area contributed by atoms with Gasteiger partial charge >= 0.3 is 0 Å². The van der Waals surface area contributed by atoms with E-state index in [1.807, 2.05) is 54.6 Å². The summed E-state index contributed by atoms with van der Waals surface area (Å²) in [6, 6.07) is 16.7.